The minimum atomic E-state index is 0. The molecule has 1 unspecified atom stereocenters. The van der Waals surface area contributed by atoms with Crippen LogP contribution in [0.4, 0.5) is 0 Å². The van der Waals surface area contributed by atoms with Gasteiger partial charge in [0.05, 0.1) is 5.02 Å². The lowest BCUT2D eigenvalue weighted by molar-refractivity contribution is 0.692. The van der Waals surface area contributed by atoms with Crippen LogP contribution in [0.3, 0.4) is 0 Å². The Hall–Kier alpha value is -0.480. The monoisotopic (exact) mass is 307 g/mol. The van der Waals surface area contributed by atoms with Crippen LogP contribution in [0.15, 0.2) is 18.3 Å². The maximum Gasteiger partial charge on any atom is 0.139 e. The number of hydrogen-bond acceptors (Lipinski definition) is 2. The van der Waals surface area contributed by atoms with E-state index in [9.17, 15) is 0 Å². The van der Waals surface area contributed by atoms with E-state index in [1.54, 1.807) is 6.20 Å². The summed E-state index contributed by atoms with van der Waals surface area (Å²) in [5, 5.41) is 5.23. The summed E-state index contributed by atoms with van der Waals surface area (Å²) >= 11 is 5.96. The average molecular weight is 309 g/mol. The molecule has 100 valence electrons. The Morgan fingerprint density at radius 2 is 2.17 bits per heavy atom. The molecule has 0 radical (unpaired) electrons. The molecule has 0 aromatic carbocycles. The minimum Gasteiger partial charge on any atom is -0.332 e. The zero-order valence-electron chi connectivity index (χ0n) is 10.0. The number of aryl methyl sites for hydroxylation is 1. The van der Waals surface area contributed by atoms with Crippen LogP contribution < -0.4 is 5.32 Å². The number of fused-ring (bicyclic) bond motifs is 1. The zero-order chi connectivity index (χ0) is 11.1. The fraction of sp³-hybridized carbons (Fsp3) is 0.417. The molecule has 1 N–H and O–H groups in total. The van der Waals surface area contributed by atoms with Crippen molar-refractivity contribution in [1.82, 2.24) is 14.9 Å². The molecular weight excluding hydrogens is 293 g/mol. The first-order valence-electron chi connectivity index (χ1n) is 5.57. The molecule has 6 heteroatoms. The summed E-state index contributed by atoms with van der Waals surface area (Å²) in [6.45, 7) is 2.18. The summed E-state index contributed by atoms with van der Waals surface area (Å²) in [6, 6.07) is 4.20. The lowest BCUT2D eigenvalue weighted by atomic mass is 10.1. The van der Waals surface area contributed by atoms with Crippen molar-refractivity contribution in [2.75, 3.05) is 13.1 Å². The highest BCUT2D eigenvalue weighted by molar-refractivity contribution is 6.31. The number of nitrogens with one attached hydrogen (secondary N) is 1. The van der Waals surface area contributed by atoms with E-state index in [0.29, 0.717) is 10.9 Å². The van der Waals surface area contributed by atoms with Gasteiger partial charge in [-0.1, -0.05) is 11.6 Å². The largest absolute Gasteiger partial charge is 0.332 e. The van der Waals surface area contributed by atoms with Gasteiger partial charge in [0.2, 0.25) is 0 Å². The molecule has 0 bridgehead atoms. The summed E-state index contributed by atoms with van der Waals surface area (Å²) in [6.07, 6.45) is 2.92. The first kappa shape index (κ1) is 15.6. The summed E-state index contributed by atoms with van der Waals surface area (Å²) < 4.78 is 2.18. The van der Waals surface area contributed by atoms with Crippen molar-refractivity contribution >= 4 is 47.4 Å². The third-order valence-corrected chi connectivity index (χ3v) is 3.56. The van der Waals surface area contributed by atoms with Crippen molar-refractivity contribution in [2.45, 2.75) is 12.3 Å². The molecule has 0 spiro atoms. The fourth-order valence-electron chi connectivity index (χ4n) is 2.51. The molecule has 1 aliphatic heterocycles. The molecule has 1 atom stereocenters. The number of hydrogen-bond donors (Lipinski definition) is 1. The topological polar surface area (TPSA) is 29.9 Å². The third-order valence-electron chi connectivity index (χ3n) is 3.35. The van der Waals surface area contributed by atoms with Gasteiger partial charge in [0.1, 0.15) is 5.65 Å². The Morgan fingerprint density at radius 1 is 1.39 bits per heavy atom. The highest BCUT2D eigenvalue weighted by Crippen LogP contribution is 2.28. The standard InChI is InChI=1S/C12H14ClN3.2ClH/c1-16-11(8-2-3-14-6-8)5-9-4-10(13)7-15-12(9)16;;/h4-5,7-8,14H,2-3,6H2,1H3;2*1H. The van der Waals surface area contributed by atoms with E-state index in [0.717, 1.165) is 24.1 Å². The lowest BCUT2D eigenvalue weighted by Crippen LogP contribution is -2.10. The van der Waals surface area contributed by atoms with Gasteiger partial charge in [0, 0.05) is 36.8 Å². The molecule has 3 heterocycles. The Morgan fingerprint density at radius 3 is 2.83 bits per heavy atom. The molecule has 0 saturated carbocycles. The van der Waals surface area contributed by atoms with Gasteiger partial charge in [0.15, 0.2) is 0 Å². The van der Waals surface area contributed by atoms with Crippen molar-refractivity contribution in [1.29, 1.82) is 0 Å². The molecule has 1 aliphatic rings. The molecule has 1 saturated heterocycles. The van der Waals surface area contributed by atoms with Gasteiger partial charge in [-0.3, -0.25) is 0 Å². The van der Waals surface area contributed by atoms with Gasteiger partial charge in [-0.2, -0.15) is 0 Å². The van der Waals surface area contributed by atoms with Crippen LogP contribution in [0.5, 0.6) is 0 Å². The van der Waals surface area contributed by atoms with Crippen molar-refractivity contribution < 1.29 is 0 Å². The van der Waals surface area contributed by atoms with Crippen LogP contribution in [-0.2, 0) is 7.05 Å². The van der Waals surface area contributed by atoms with Crippen molar-refractivity contribution in [3.05, 3.63) is 29.0 Å². The highest BCUT2D eigenvalue weighted by Gasteiger charge is 2.20. The normalized spacial score (nSPS) is 18.4. The zero-order valence-corrected chi connectivity index (χ0v) is 12.4. The molecule has 2 aromatic rings. The number of halogens is 3. The number of pyridine rings is 1. The van der Waals surface area contributed by atoms with E-state index in [1.807, 2.05) is 6.07 Å². The van der Waals surface area contributed by atoms with E-state index in [1.165, 1.54) is 12.1 Å². The second-order valence-corrected chi connectivity index (χ2v) is 4.82. The van der Waals surface area contributed by atoms with Crippen LogP contribution >= 0.6 is 36.4 Å². The summed E-state index contributed by atoms with van der Waals surface area (Å²) in [5.41, 5.74) is 2.38. The average Bonchev–Trinajstić information content (AvgIpc) is 2.86. The Balaban J connectivity index is 0.000000810. The molecule has 3 rings (SSSR count). The van der Waals surface area contributed by atoms with Crippen LogP contribution in [0.1, 0.15) is 18.0 Å². The van der Waals surface area contributed by atoms with Crippen LogP contribution in [-0.4, -0.2) is 22.6 Å². The van der Waals surface area contributed by atoms with E-state index in [-0.39, 0.29) is 24.8 Å². The van der Waals surface area contributed by atoms with Crippen LogP contribution in [0.2, 0.25) is 5.02 Å². The number of rotatable bonds is 1. The predicted octanol–water partition coefficient (Wildman–Crippen LogP) is 3.15. The Labute approximate surface area is 124 Å². The summed E-state index contributed by atoms with van der Waals surface area (Å²) in [4.78, 5) is 4.38. The quantitative estimate of drug-likeness (QED) is 0.877. The van der Waals surface area contributed by atoms with Gasteiger partial charge >= 0.3 is 0 Å². The maximum atomic E-state index is 5.96. The first-order chi connectivity index (χ1) is 7.75. The molecule has 2 aromatic heterocycles. The minimum absolute atomic E-state index is 0. The lowest BCUT2D eigenvalue weighted by Gasteiger charge is -2.09. The molecule has 18 heavy (non-hydrogen) atoms. The third kappa shape index (κ3) is 2.59. The van der Waals surface area contributed by atoms with Crippen molar-refractivity contribution in [3.63, 3.8) is 0 Å². The summed E-state index contributed by atoms with van der Waals surface area (Å²) in [7, 11) is 2.08. The molecule has 0 aliphatic carbocycles. The predicted molar refractivity (Wildman–Crippen MR) is 80.4 cm³/mol. The van der Waals surface area contributed by atoms with Crippen LogP contribution in [0, 0.1) is 0 Å². The second-order valence-electron chi connectivity index (χ2n) is 4.38. The van der Waals surface area contributed by atoms with Gasteiger partial charge in [-0.05, 0) is 25.1 Å². The van der Waals surface area contributed by atoms with E-state index >= 15 is 0 Å². The van der Waals surface area contributed by atoms with Gasteiger partial charge in [0.25, 0.3) is 0 Å². The number of nitrogens with zero attached hydrogens (tertiary/aromatic N) is 2. The molecule has 3 nitrogen and oxygen atoms in total. The molecule has 1 fully saturated rings. The second kappa shape index (κ2) is 6.11. The van der Waals surface area contributed by atoms with Crippen molar-refractivity contribution in [3.8, 4) is 0 Å². The van der Waals surface area contributed by atoms with Gasteiger partial charge < -0.3 is 9.88 Å². The SMILES string of the molecule is Cl.Cl.Cn1c(C2CCNC2)cc2cc(Cl)cnc21. The maximum absolute atomic E-state index is 5.96. The van der Waals surface area contributed by atoms with E-state index in [4.69, 9.17) is 11.6 Å². The smallest absolute Gasteiger partial charge is 0.139 e. The Kier molecular flexibility index (Phi) is 5.29. The summed E-state index contributed by atoms with van der Waals surface area (Å²) in [5.74, 6) is 0.609. The molecule has 0 amide bonds. The van der Waals surface area contributed by atoms with E-state index in [2.05, 4.69) is 28.0 Å². The van der Waals surface area contributed by atoms with E-state index < -0.39 is 0 Å². The highest BCUT2D eigenvalue weighted by atomic mass is 35.5. The van der Waals surface area contributed by atoms with Gasteiger partial charge in [-0.15, -0.1) is 24.8 Å². The Bertz CT molecular complexity index is 533. The first-order valence-corrected chi connectivity index (χ1v) is 5.95. The molecular formula is C12H16Cl3N3. The fourth-order valence-corrected chi connectivity index (χ4v) is 2.68. The van der Waals surface area contributed by atoms with Crippen molar-refractivity contribution in [2.24, 2.45) is 7.05 Å². The van der Waals surface area contributed by atoms with Crippen LogP contribution in [0.25, 0.3) is 11.0 Å². The van der Waals surface area contributed by atoms with Gasteiger partial charge in [-0.25, -0.2) is 4.98 Å². The number of aromatic nitrogens is 2.